The number of rotatable bonds is 5. The van der Waals surface area contributed by atoms with Crippen LogP contribution in [-0.4, -0.2) is 24.5 Å². The molecule has 5 heteroatoms. The van der Waals surface area contributed by atoms with Crippen molar-refractivity contribution in [1.82, 2.24) is 4.98 Å². The molecule has 1 aliphatic rings. The molecule has 0 radical (unpaired) electrons. The summed E-state index contributed by atoms with van der Waals surface area (Å²) in [5.74, 6) is 0.563. The number of hydrogen-bond acceptors (Lipinski definition) is 4. The largest absolute Gasteiger partial charge is 0.436 e. The molecule has 1 saturated heterocycles. The monoisotopic (exact) mass is 374 g/mol. The molecular formula is C23H22N2O3. The van der Waals surface area contributed by atoms with E-state index >= 15 is 0 Å². The van der Waals surface area contributed by atoms with Crippen molar-refractivity contribution in [2.24, 2.45) is 0 Å². The minimum atomic E-state index is -0.0632. The van der Waals surface area contributed by atoms with E-state index in [0.717, 1.165) is 41.7 Å². The highest BCUT2D eigenvalue weighted by Crippen LogP contribution is 2.30. The van der Waals surface area contributed by atoms with Crippen LogP contribution in [0.15, 0.2) is 46.9 Å². The number of nitrogens with zero attached hydrogens (tertiary/aromatic N) is 2. The molecular weight excluding hydrogens is 352 g/mol. The van der Waals surface area contributed by atoms with E-state index < -0.39 is 0 Å². The van der Waals surface area contributed by atoms with Gasteiger partial charge >= 0.3 is 0 Å². The van der Waals surface area contributed by atoms with Crippen LogP contribution in [0.2, 0.25) is 0 Å². The molecule has 0 saturated carbocycles. The number of aryl methyl sites for hydroxylation is 1. The predicted molar refractivity (Wildman–Crippen MR) is 109 cm³/mol. The zero-order valence-corrected chi connectivity index (χ0v) is 15.9. The number of oxazole rings is 1. The van der Waals surface area contributed by atoms with Crippen molar-refractivity contribution >= 4 is 22.9 Å². The fraction of sp³-hybridized carbons (Fsp3) is 0.304. The van der Waals surface area contributed by atoms with E-state index in [1.807, 2.05) is 49.4 Å². The average Bonchev–Trinajstić information content (AvgIpc) is 3.17. The van der Waals surface area contributed by atoms with Gasteiger partial charge in [0.25, 0.3) is 0 Å². The zero-order valence-electron chi connectivity index (χ0n) is 15.9. The van der Waals surface area contributed by atoms with Gasteiger partial charge in [-0.1, -0.05) is 24.3 Å². The van der Waals surface area contributed by atoms with Crippen LogP contribution in [0, 0.1) is 13.5 Å². The first kappa shape index (κ1) is 18.4. The Bertz CT molecular complexity index is 1020. The molecule has 1 aromatic heterocycles. The fourth-order valence-electron chi connectivity index (χ4n) is 3.30. The van der Waals surface area contributed by atoms with Crippen LogP contribution in [0.25, 0.3) is 33.5 Å². The smallest absolute Gasteiger partial charge is 0.227 e. The summed E-state index contributed by atoms with van der Waals surface area (Å²) >= 11 is 0. The normalized spacial score (nSPS) is 17.2. The van der Waals surface area contributed by atoms with Gasteiger partial charge in [-0.05, 0) is 61.6 Å². The Hall–Kier alpha value is -2.94. The van der Waals surface area contributed by atoms with Crippen LogP contribution in [0.1, 0.15) is 30.4 Å². The number of benzene rings is 2. The van der Waals surface area contributed by atoms with E-state index in [4.69, 9.17) is 20.5 Å². The molecule has 1 unspecified atom stereocenters. The molecule has 2 aromatic carbocycles. The van der Waals surface area contributed by atoms with E-state index in [0.29, 0.717) is 23.7 Å². The fourth-order valence-corrected chi connectivity index (χ4v) is 3.30. The lowest BCUT2D eigenvalue weighted by Crippen LogP contribution is -2.22. The minimum Gasteiger partial charge on any atom is -0.436 e. The van der Waals surface area contributed by atoms with Gasteiger partial charge in [-0.2, -0.15) is 0 Å². The number of ether oxygens (including phenoxy) is 2. The first-order chi connectivity index (χ1) is 13.7. The lowest BCUT2D eigenvalue weighted by molar-refractivity contribution is -0.155. The van der Waals surface area contributed by atoms with Crippen LogP contribution in [-0.2, 0) is 9.47 Å². The second kappa shape index (κ2) is 8.39. The van der Waals surface area contributed by atoms with Gasteiger partial charge in [-0.25, -0.2) is 9.83 Å². The molecule has 0 spiro atoms. The summed E-state index contributed by atoms with van der Waals surface area (Å²) in [4.78, 5) is 8.03. The highest BCUT2D eigenvalue weighted by molar-refractivity contribution is 5.83. The summed E-state index contributed by atoms with van der Waals surface area (Å²) in [6.45, 7) is 10.5. The molecule has 0 N–H and O–H groups in total. The maximum absolute atomic E-state index is 7.18. The molecule has 1 atom stereocenters. The third-order valence-corrected chi connectivity index (χ3v) is 4.77. The van der Waals surface area contributed by atoms with E-state index in [-0.39, 0.29) is 6.29 Å². The Balaban J connectivity index is 1.43. The molecule has 3 aromatic rings. The van der Waals surface area contributed by atoms with Gasteiger partial charge in [0.1, 0.15) is 0 Å². The Morgan fingerprint density at radius 3 is 2.86 bits per heavy atom. The summed E-state index contributed by atoms with van der Waals surface area (Å²) in [5.41, 5.74) is 4.93. The van der Waals surface area contributed by atoms with Crippen molar-refractivity contribution in [3.8, 4) is 11.5 Å². The molecule has 5 nitrogen and oxygen atoms in total. The van der Waals surface area contributed by atoms with Crippen LogP contribution < -0.4 is 0 Å². The van der Waals surface area contributed by atoms with E-state index in [1.54, 1.807) is 6.07 Å². The third-order valence-electron chi connectivity index (χ3n) is 4.77. The molecule has 0 aliphatic carbocycles. The zero-order chi connectivity index (χ0) is 19.3. The highest BCUT2D eigenvalue weighted by Gasteiger charge is 2.13. The van der Waals surface area contributed by atoms with Gasteiger partial charge in [0.15, 0.2) is 17.6 Å². The summed E-state index contributed by atoms with van der Waals surface area (Å²) in [7, 11) is 0. The maximum Gasteiger partial charge on any atom is 0.227 e. The second-order valence-electron chi connectivity index (χ2n) is 6.90. The molecule has 28 heavy (non-hydrogen) atoms. The van der Waals surface area contributed by atoms with Gasteiger partial charge in [0.2, 0.25) is 5.89 Å². The Morgan fingerprint density at radius 2 is 2.11 bits per heavy atom. The molecule has 142 valence electrons. The van der Waals surface area contributed by atoms with Gasteiger partial charge in [-0.15, -0.1) is 0 Å². The molecule has 2 heterocycles. The van der Waals surface area contributed by atoms with E-state index in [1.165, 1.54) is 6.42 Å². The second-order valence-corrected chi connectivity index (χ2v) is 6.90. The Kier molecular flexibility index (Phi) is 5.52. The van der Waals surface area contributed by atoms with E-state index in [2.05, 4.69) is 9.83 Å². The van der Waals surface area contributed by atoms with Crippen LogP contribution in [0.5, 0.6) is 0 Å². The maximum atomic E-state index is 7.18. The highest BCUT2D eigenvalue weighted by atomic mass is 16.7. The summed E-state index contributed by atoms with van der Waals surface area (Å²) in [5, 5.41) is 0. The average molecular weight is 374 g/mol. The number of fused-ring (bicyclic) bond motifs is 1. The lowest BCUT2D eigenvalue weighted by Gasteiger charge is -2.21. The third kappa shape index (κ3) is 4.14. The first-order valence-electron chi connectivity index (χ1n) is 9.52. The van der Waals surface area contributed by atoms with Crippen molar-refractivity contribution in [2.45, 2.75) is 32.5 Å². The van der Waals surface area contributed by atoms with Crippen molar-refractivity contribution < 1.29 is 13.9 Å². The van der Waals surface area contributed by atoms with Gasteiger partial charge in [-0.3, -0.25) is 0 Å². The summed E-state index contributed by atoms with van der Waals surface area (Å²) < 4.78 is 17.2. The Labute approximate surface area is 164 Å². The SMILES string of the molecule is [C-]#[N+]c1cc(C)c2oc(-c3ccc(/C=C\COC4CCCCO4)cc3)nc2c1. The molecule has 4 rings (SSSR count). The molecule has 0 amide bonds. The molecule has 1 fully saturated rings. The standard InChI is InChI=1S/C23H22N2O3/c1-16-14-19(24-2)15-20-22(16)28-23(25-20)18-10-8-17(9-11-18)6-5-13-27-21-7-3-4-12-26-21/h5-6,8-11,14-15,21H,3-4,7,12-13H2,1H3/b6-5-. The van der Waals surface area contributed by atoms with Gasteiger partial charge < -0.3 is 13.9 Å². The van der Waals surface area contributed by atoms with Crippen LogP contribution in [0.3, 0.4) is 0 Å². The topological polar surface area (TPSA) is 48.9 Å². The lowest BCUT2D eigenvalue weighted by atomic mass is 10.1. The van der Waals surface area contributed by atoms with E-state index in [9.17, 15) is 0 Å². The number of hydrogen-bond donors (Lipinski definition) is 0. The van der Waals surface area contributed by atoms with Crippen molar-refractivity contribution in [3.63, 3.8) is 0 Å². The summed E-state index contributed by atoms with van der Waals surface area (Å²) in [6.07, 6.45) is 7.25. The molecule has 0 bridgehead atoms. The van der Waals surface area contributed by atoms with Gasteiger partial charge in [0, 0.05) is 12.2 Å². The number of aromatic nitrogens is 1. The Morgan fingerprint density at radius 1 is 1.25 bits per heavy atom. The van der Waals surface area contributed by atoms with Crippen LogP contribution in [0.4, 0.5) is 5.69 Å². The van der Waals surface area contributed by atoms with Gasteiger partial charge in [0.05, 0.1) is 18.7 Å². The summed E-state index contributed by atoms with van der Waals surface area (Å²) in [6, 6.07) is 11.6. The molecule has 1 aliphatic heterocycles. The quantitative estimate of drug-likeness (QED) is 0.521. The van der Waals surface area contributed by atoms with Crippen molar-refractivity contribution in [3.05, 3.63) is 65.0 Å². The minimum absolute atomic E-state index is 0.0632. The predicted octanol–water partition coefficient (Wildman–Crippen LogP) is 5.91. The van der Waals surface area contributed by atoms with Crippen molar-refractivity contribution in [2.75, 3.05) is 13.2 Å². The van der Waals surface area contributed by atoms with Crippen LogP contribution >= 0.6 is 0 Å². The van der Waals surface area contributed by atoms with Crippen molar-refractivity contribution in [1.29, 1.82) is 0 Å². The first-order valence-corrected chi connectivity index (χ1v) is 9.52.